The van der Waals surface area contributed by atoms with Crippen molar-refractivity contribution in [3.63, 3.8) is 0 Å². The van der Waals surface area contributed by atoms with Gasteiger partial charge in [-0.05, 0) is 30.4 Å². The summed E-state index contributed by atoms with van der Waals surface area (Å²) in [5.41, 5.74) is 2.15. The Balaban J connectivity index is 2.00. The van der Waals surface area contributed by atoms with E-state index in [0.29, 0.717) is 34.2 Å². The zero-order valence-corrected chi connectivity index (χ0v) is 16.2. The van der Waals surface area contributed by atoms with Crippen molar-refractivity contribution in [2.75, 3.05) is 21.3 Å². The first-order chi connectivity index (χ1) is 13.5. The van der Waals surface area contributed by atoms with Gasteiger partial charge in [-0.15, -0.1) is 0 Å². The molecule has 3 rings (SSSR count). The molecule has 0 saturated carbocycles. The van der Waals surface area contributed by atoms with Crippen LogP contribution in [0.15, 0.2) is 42.5 Å². The van der Waals surface area contributed by atoms with E-state index in [9.17, 15) is 4.79 Å². The molecule has 6 nitrogen and oxygen atoms in total. The molecule has 0 bridgehead atoms. The fourth-order valence-electron chi connectivity index (χ4n) is 2.82. The molecule has 0 aliphatic rings. The Morgan fingerprint density at radius 2 is 1.57 bits per heavy atom. The summed E-state index contributed by atoms with van der Waals surface area (Å²) in [6.45, 7) is 1.37. The Hall–Kier alpha value is -3.54. The molecule has 0 unspecified atom stereocenters. The van der Waals surface area contributed by atoms with Crippen LogP contribution in [-0.4, -0.2) is 32.3 Å². The van der Waals surface area contributed by atoms with E-state index in [-0.39, 0.29) is 5.97 Å². The predicted molar refractivity (Wildman–Crippen MR) is 108 cm³/mol. The van der Waals surface area contributed by atoms with Crippen LogP contribution in [0.25, 0.3) is 23.1 Å². The number of rotatable bonds is 6. The molecule has 28 heavy (non-hydrogen) atoms. The second kappa shape index (κ2) is 8.43. The summed E-state index contributed by atoms with van der Waals surface area (Å²) in [5, 5.41) is 0.889. The molecular formula is C22H21NO5. The molecular weight excluding hydrogens is 358 g/mol. The maximum Gasteiger partial charge on any atom is 0.308 e. The lowest BCUT2D eigenvalue weighted by Gasteiger charge is -2.12. The smallest absolute Gasteiger partial charge is 0.308 e. The summed E-state index contributed by atoms with van der Waals surface area (Å²) in [6, 6.07) is 12.9. The monoisotopic (exact) mass is 379 g/mol. The number of methoxy groups -OCH3 is 3. The molecule has 144 valence electrons. The van der Waals surface area contributed by atoms with Crippen molar-refractivity contribution in [3.05, 3.63) is 53.7 Å². The molecule has 3 aromatic rings. The van der Waals surface area contributed by atoms with Gasteiger partial charge in [-0.3, -0.25) is 4.79 Å². The molecule has 0 aliphatic carbocycles. The summed E-state index contributed by atoms with van der Waals surface area (Å²) < 4.78 is 21.4. The quantitative estimate of drug-likeness (QED) is 0.468. The van der Waals surface area contributed by atoms with Gasteiger partial charge >= 0.3 is 5.97 Å². The third-order valence-electron chi connectivity index (χ3n) is 4.13. The minimum atomic E-state index is -0.384. The van der Waals surface area contributed by atoms with Crippen molar-refractivity contribution in [1.82, 2.24) is 4.98 Å². The van der Waals surface area contributed by atoms with Gasteiger partial charge in [-0.25, -0.2) is 4.98 Å². The Kier molecular flexibility index (Phi) is 5.79. The van der Waals surface area contributed by atoms with Gasteiger partial charge in [0.2, 0.25) is 0 Å². The first kappa shape index (κ1) is 19.2. The Bertz CT molecular complexity index is 1040. The maximum atomic E-state index is 11.3. The summed E-state index contributed by atoms with van der Waals surface area (Å²) in [4.78, 5) is 16.0. The van der Waals surface area contributed by atoms with Gasteiger partial charge in [-0.2, -0.15) is 0 Å². The van der Waals surface area contributed by atoms with Gasteiger partial charge in [0.15, 0.2) is 17.2 Å². The average Bonchev–Trinajstić information content (AvgIpc) is 2.71. The van der Waals surface area contributed by atoms with Crippen LogP contribution >= 0.6 is 0 Å². The Morgan fingerprint density at radius 3 is 2.25 bits per heavy atom. The second-order valence-corrected chi connectivity index (χ2v) is 5.94. The van der Waals surface area contributed by atoms with Crippen LogP contribution in [-0.2, 0) is 4.79 Å². The third-order valence-corrected chi connectivity index (χ3v) is 4.13. The minimum Gasteiger partial charge on any atom is -0.496 e. The lowest BCUT2D eigenvalue weighted by molar-refractivity contribution is -0.131. The van der Waals surface area contributed by atoms with Gasteiger partial charge in [0.05, 0.1) is 27.0 Å². The highest BCUT2D eigenvalue weighted by molar-refractivity contribution is 5.88. The predicted octanol–water partition coefficient (Wildman–Crippen LogP) is 4.36. The van der Waals surface area contributed by atoms with E-state index in [0.717, 1.165) is 10.9 Å². The molecule has 0 N–H and O–H groups in total. The number of ether oxygens (including phenoxy) is 4. The highest BCUT2D eigenvalue weighted by Gasteiger charge is 2.10. The highest BCUT2D eigenvalue weighted by Crippen LogP contribution is 2.35. The fourth-order valence-corrected chi connectivity index (χ4v) is 2.82. The maximum absolute atomic E-state index is 11.3. The summed E-state index contributed by atoms with van der Waals surface area (Å²) in [5.74, 6) is 1.89. The summed E-state index contributed by atoms with van der Waals surface area (Å²) in [6.07, 6.45) is 3.73. The molecule has 6 heteroatoms. The summed E-state index contributed by atoms with van der Waals surface area (Å²) in [7, 11) is 4.75. The van der Waals surface area contributed by atoms with Gasteiger partial charge in [0, 0.05) is 23.9 Å². The average molecular weight is 379 g/mol. The number of benzene rings is 2. The number of pyridine rings is 1. The largest absolute Gasteiger partial charge is 0.496 e. The van der Waals surface area contributed by atoms with Gasteiger partial charge in [0.1, 0.15) is 11.3 Å². The first-order valence-corrected chi connectivity index (χ1v) is 8.62. The molecule has 1 heterocycles. The number of fused-ring (bicyclic) bond motifs is 1. The van der Waals surface area contributed by atoms with E-state index in [1.165, 1.54) is 6.92 Å². The lowest BCUT2D eigenvalue weighted by atomic mass is 10.1. The molecule has 0 radical (unpaired) electrons. The minimum absolute atomic E-state index is 0.384. The summed E-state index contributed by atoms with van der Waals surface area (Å²) >= 11 is 0. The fraction of sp³-hybridized carbons (Fsp3) is 0.182. The standard InChI is InChI=1S/C22H21NO5/c1-14(24)28-18-7-5-6-15-8-10-17(23-22(15)18)11-9-16-12-20(26-3)21(27-4)13-19(16)25-2/h5-13H,1-4H3/b11-9+. The number of carbonyl (C=O) groups excluding carboxylic acids is 1. The Morgan fingerprint density at radius 1 is 0.857 bits per heavy atom. The molecule has 0 spiro atoms. The molecule has 0 fully saturated rings. The number of hydrogen-bond donors (Lipinski definition) is 0. The normalized spacial score (nSPS) is 10.9. The van der Waals surface area contributed by atoms with Crippen molar-refractivity contribution in [2.45, 2.75) is 6.92 Å². The third kappa shape index (κ3) is 4.06. The number of hydrogen-bond acceptors (Lipinski definition) is 6. The Labute approximate surface area is 163 Å². The lowest BCUT2D eigenvalue weighted by Crippen LogP contribution is -2.02. The van der Waals surface area contributed by atoms with Crippen molar-refractivity contribution in [3.8, 4) is 23.0 Å². The molecule has 2 aromatic carbocycles. The molecule has 0 aliphatic heterocycles. The van der Waals surface area contributed by atoms with Gasteiger partial charge in [-0.1, -0.05) is 18.2 Å². The SMILES string of the molecule is COc1cc(OC)c(OC)cc1/C=C/c1ccc2cccc(OC(C)=O)c2n1. The number of esters is 1. The number of aromatic nitrogens is 1. The topological polar surface area (TPSA) is 66.9 Å². The van der Waals surface area contributed by atoms with Crippen LogP contribution < -0.4 is 18.9 Å². The van der Waals surface area contributed by atoms with E-state index < -0.39 is 0 Å². The molecule has 0 saturated heterocycles. The number of nitrogens with zero attached hydrogens (tertiary/aromatic N) is 1. The van der Waals surface area contributed by atoms with Crippen LogP contribution in [0.5, 0.6) is 23.0 Å². The first-order valence-electron chi connectivity index (χ1n) is 8.62. The van der Waals surface area contributed by atoms with E-state index in [2.05, 4.69) is 4.98 Å². The zero-order chi connectivity index (χ0) is 20.1. The zero-order valence-electron chi connectivity index (χ0n) is 16.2. The number of para-hydroxylation sites is 1. The highest BCUT2D eigenvalue weighted by atomic mass is 16.5. The van der Waals surface area contributed by atoms with Crippen LogP contribution in [0.3, 0.4) is 0 Å². The van der Waals surface area contributed by atoms with E-state index in [1.807, 2.05) is 42.5 Å². The van der Waals surface area contributed by atoms with Crippen molar-refractivity contribution in [1.29, 1.82) is 0 Å². The van der Waals surface area contributed by atoms with Crippen LogP contribution in [0.2, 0.25) is 0 Å². The number of carbonyl (C=O) groups is 1. The van der Waals surface area contributed by atoms with Crippen LogP contribution in [0, 0.1) is 0 Å². The van der Waals surface area contributed by atoms with E-state index >= 15 is 0 Å². The van der Waals surface area contributed by atoms with Crippen LogP contribution in [0.4, 0.5) is 0 Å². The second-order valence-electron chi connectivity index (χ2n) is 5.94. The van der Waals surface area contributed by atoms with Crippen molar-refractivity contribution < 1.29 is 23.7 Å². The van der Waals surface area contributed by atoms with Crippen molar-refractivity contribution >= 4 is 29.0 Å². The molecule has 1 aromatic heterocycles. The molecule has 0 amide bonds. The molecule has 0 atom stereocenters. The van der Waals surface area contributed by atoms with Gasteiger partial charge in [0.25, 0.3) is 0 Å². The van der Waals surface area contributed by atoms with E-state index in [1.54, 1.807) is 33.5 Å². The van der Waals surface area contributed by atoms with Crippen LogP contribution in [0.1, 0.15) is 18.2 Å². The van der Waals surface area contributed by atoms with E-state index in [4.69, 9.17) is 18.9 Å². The van der Waals surface area contributed by atoms with Crippen molar-refractivity contribution in [2.24, 2.45) is 0 Å². The van der Waals surface area contributed by atoms with Gasteiger partial charge < -0.3 is 18.9 Å².